The van der Waals surface area contributed by atoms with Gasteiger partial charge in [-0.05, 0) is 44.0 Å². The van der Waals surface area contributed by atoms with Gasteiger partial charge in [0, 0.05) is 24.0 Å². The van der Waals surface area contributed by atoms with Crippen LogP contribution in [0.25, 0.3) is 33.3 Å². The Bertz CT molecular complexity index is 1460. The number of aromatic nitrogens is 4. The monoisotopic (exact) mass is 448 g/mol. The van der Waals surface area contributed by atoms with Gasteiger partial charge in [0.25, 0.3) is 5.56 Å². The van der Waals surface area contributed by atoms with E-state index >= 15 is 0 Å². The van der Waals surface area contributed by atoms with E-state index in [1.165, 1.54) is 6.08 Å². The summed E-state index contributed by atoms with van der Waals surface area (Å²) in [6, 6.07) is 5.39. The Morgan fingerprint density at radius 2 is 2.24 bits per heavy atom. The van der Waals surface area contributed by atoms with E-state index in [9.17, 15) is 9.59 Å². The molecule has 10 nitrogen and oxygen atoms in total. The minimum Gasteiger partial charge on any atom is -0.497 e. The van der Waals surface area contributed by atoms with Crippen molar-refractivity contribution in [1.29, 1.82) is 0 Å². The number of aromatic amines is 1. The Kier molecular flexibility index (Phi) is 4.92. The molecule has 1 unspecified atom stereocenters. The molecular formula is C23H24N6O4. The molecule has 0 spiro atoms. The Labute approximate surface area is 188 Å². The zero-order valence-electron chi connectivity index (χ0n) is 18.4. The van der Waals surface area contributed by atoms with E-state index in [0.717, 1.165) is 23.8 Å². The number of aryl methyl sites for hydroxylation is 1. The molecule has 3 N–H and O–H groups in total. The molecule has 170 valence electrons. The van der Waals surface area contributed by atoms with Crippen LogP contribution >= 0.6 is 0 Å². The fourth-order valence-electron chi connectivity index (χ4n) is 4.57. The molecule has 5 rings (SSSR count). The maximum Gasteiger partial charge on any atom is 0.292 e. The van der Waals surface area contributed by atoms with Crippen LogP contribution in [0.3, 0.4) is 0 Å². The van der Waals surface area contributed by atoms with Crippen molar-refractivity contribution in [2.45, 2.75) is 25.8 Å². The average Bonchev–Trinajstić information content (AvgIpc) is 3.39. The second-order valence-corrected chi connectivity index (χ2v) is 8.16. The van der Waals surface area contributed by atoms with Crippen LogP contribution in [0.4, 0.5) is 5.82 Å². The van der Waals surface area contributed by atoms with Crippen molar-refractivity contribution < 1.29 is 13.9 Å². The molecule has 0 aliphatic carbocycles. The number of carbonyl (C=O) groups excluding carboxylic acids is 1. The van der Waals surface area contributed by atoms with E-state index in [4.69, 9.17) is 14.9 Å². The highest BCUT2D eigenvalue weighted by molar-refractivity contribution is 6.01. The van der Waals surface area contributed by atoms with E-state index in [2.05, 4.69) is 21.9 Å². The topological polar surface area (TPSA) is 132 Å². The van der Waals surface area contributed by atoms with Crippen LogP contribution in [-0.2, 0) is 4.79 Å². The zero-order chi connectivity index (χ0) is 23.3. The van der Waals surface area contributed by atoms with Gasteiger partial charge in [-0.15, -0.1) is 0 Å². The highest BCUT2D eigenvalue weighted by Crippen LogP contribution is 2.40. The van der Waals surface area contributed by atoms with Gasteiger partial charge in [0.05, 0.1) is 18.5 Å². The summed E-state index contributed by atoms with van der Waals surface area (Å²) >= 11 is 0. The number of fused-ring (bicyclic) bond motifs is 2. The molecule has 1 aliphatic rings. The number of amides is 1. The van der Waals surface area contributed by atoms with Gasteiger partial charge in [0.15, 0.2) is 17.1 Å². The van der Waals surface area contributed by atoms with Crippen molar-refractivity contribution in [3.05, 3.63) is 46.8 Å². The average molecular weight is 448 g/mol. The molecule has 1 saturated heterocycles. The lowest BCUT2D eigenvalue weighted by Crippen LogP contribution is -2.40. The van der Waals surface area contributed by atoms with E-state index in [0.29, 0.717) is 41.3 Å². The molecule has 0 saturated carbocycles. The van der Waals surface area contributed by atoms with Crippen molar-refractivity contribution in [1.82, 2.24) is 24.9 Å². The van der Waals surface area contributed by atoms with Crippen LogP contribution in [0.15, 0.2) is 40.1 Å². The summed E-state index contributed by atoms with van der Waals surface area (Å²) in [5.74, 6) is 1.27. The first-order chi connectivity index (χ1) is 15.9. The van der Waals surface area contributed by atoms with Gasteiger partial charge < -0.3 is 19.8 Å². The molecular weight excluding hydrogens is 424 g/mol. The van der Waals surface area contributed by atoms with Crippen molar-refractivity contribution in [2.75, 3.05) is 25.9 Å². The lowest BCUT2D eigenvalue weighted by molar-refractivity contribution is -0.127. The standard InChI is InChI=1S/C23H24N6O4/c1-4-17(30)28-9-5-6-13(11-28)29-20(18-19(27-29)23(31)26-25-22(18)24)21-12(2)15-10-14(32-3)7-8-16(15)33-21/h4,7-8,10,13H,1,5-6,9,11H2,2-3H3,(H2,24,25)(H,26,31). The number of benzene rings is 1. The second-order valence-electron chi connectivity index (χ2n) is 8.16. The number of nitrogens with zero attached hydrogens (tertiary/aromatic N) is 4. The van der Waals surface area contributed by atoms with Gasteiger partial charge in [-0.1, -0.05) is 6.58 Å². The number of anilines is 1. The maximum absolute atomic E-state index is 12.6. The van der Waals surface area contributed by atoms with Crippen molar-refractivity contribution in [3.63, 3.8) is 0 Å². The number of carbonyl (C=O) groups is 1. The predicted molar refractivity (Wildman–Crippen MR) is 124 cm³/mol. The molecule has 4 aromatic rings. The molecule has 1 fully saturated rings. The molecule has 3 aromatic heterocycles. The first kappa shape index (κ1) is 20.8. The van der Waals surface area contributed by atoms with E-state index in [-0.39, 0.29) is 23.3 Å². The van der Waals surface area contributed by atoms with Gasteiger partial charge in [-0.2, -0.15) is 10.2 Å². The molecule has 1 amide bonds. The molecule has 33 heavy (non-hydrogen) atoms. The number of likely N-dealkylation sites (tertiary alicyclic amines) is 1. The summed E-state index contributed by atoms with van der Waals surface area (Å²) in [5, 5.41) is 12.3. The van der Waals surface area contributed by atoms with Crippen LogP contribution in [0.1, 0.15) is 24.4 Å². The highest BCUT2D eigenvalue weighted by atomic mass is 16.5. The van der Waals surface area contributed by atoms with Gasteiger partial charge >= 0.3 is 0 Å². The number of ether oxygens (including phenoxy) is 1. The second kappa shape index (κ2) is 7.80. The first-order valence-electron chi connectivity index (χ1n) is 10.7. The molecule has 1 atom stereocenters. The zero-order valence-corrected chi connectivity index (χ0v) is 18.4. The number of hydrogen-bond acceptors (Lipinski definition) is 7. The quantitative estimate of drug-likeness (QED) is 0.459. The van der Waals surface area contributed by atoms with Crippen LogP contribution in [0, 0.1) is 6.92 Å². The summed E-state index contributed by atoms with van der Waals surface area (Å²) in [6.07, 6.45) is 2.88. The van der Waals surface area contributed by atoms with E-state index in [1.807, 2.05) is 25.1 Å². The number of methoxy groups -OCH3 is 1. The number of rotatable bonds is 4. The van der Waals surface area contributed by atoms with E-state index in [1.54, 1.807) is 16.7 Å². The molecule has 0 radical (unpaired) electrons. The molecule has 1 aliphatic heterocycles. The number of nitrogens with two attached hydrogens (primary N) is 1. The van der Waals surface area contributed by atoms with Gasteiger partial charge in [0.2, 0.25) is 5.91 Å². The minimum atomic E-state index is -0.440. The van der Waals surface area contributed by atoms with Crippen LogP contribution in [-0.4, -0.2) is 51.0 Å². The Morgan fingerprint density at radius 3 is 3.00 bits per heavy atom. The summed E-state index contributed by atoms with van der Waals surface area (Å²) < 4.78 is 13.4. The minimum absolute atomic E-state index is 0.135. The maximum atomic E-state index is 12.6. The van der Waals surface area contributed by atoms with Crippen molar-refractivity contribution in [2.24, 2.45) is 0 Å². The lowest BCUT2D eigenvalue weighted by Gasteiger charge is -2.32. The van der Waals surface area contributed by atoms with Gasteiger partial charge in [-0.3, -0.25) is 14.3 Å². The van der Waals surface area contributed by atoms with Gasteiger partial charge in [0.1, 0.15) is 17.0 Å². The Morgan fingerprint density at radius 1 is 1.42 bits per heavy atom. The Balaban J connectivity index is 1.76. The third-order valence-corrected chi connectivity index (χ3v) is 6.25. The van der Waals surface area contributed by atoms with Crippen LogP contribution in [0.5, 0.6) is 5.75 Å². The van der Waals surface area contributed by atoms with Crippen LogP contribution < -0.4 is 16.0 Å². The molecule has 10 heteroatoms. The fourth-order valence-corrected chi connectivity index (χ4v) is 4.57. The molecule has 4 heterocycles. The van der Waals surface area contributed by atoms with Crippen molar-refractivity contribution in [3.8, 4) is 17.2 Å². The molecule has 1 aromatic carbocycles. The summed E-state index contributed by atoms with van der Waals surface area (Å²) in [6.45, 7) is 6.62. The third kappa shape index (κ3) is 3.25. The van der Waals surface area contributed by atoms with Crippen molar-refractivity contribution >= 4 is 33.6 Å². The van der Waals surface area contributed by atoms with Gasteiger partial charge in [-0.25, -0.2) is 5.10 Å². The van der Waals surface area contributed by atoms with E-state index < -0.39 is 5.56 Å². The molecule has 0 bridgehead atoms. The number of nitrogen functional groups attached to an aromatic ring is 1. The SMILES string of the molecule is C=CC(=O)N1CCCC(n2nc3c(=O)[nH]nc(N)c3c2-c2oc3ccc(OC)cc3c2C)C1. The number of nitrogens with one attached hydrogen (secondary N) is 1. The smallest absolute Gasteiger partial charge is 0.292 e. The summed E-state index contributed by atoms with van der Waals surface area (Å²) in [7, 11) is 1.61. The Hall–Kier alpha value is -4.08. The number of hydrogen-bond donors (Lipinski definition) is 2. The number of H-pyrrole nitrogens is 1. The number of furan rings is 1. The lowest BCUT2D eigenvalue weighted by atomic mass is 10.0. The third-order valence-electron chi connectivity index (χ3n) is 6.25. The predicted octanol–water partition coefficient (Wildman–Crippen LogP) is 2.78. The fraction of sp³-hybridized carbons (Fsp3) is 0.304. The first-order valence-corrected chi connectivity index (χ1v) is 10.7. The summed E-state index contributed by atoms with van der Waals surface area (Å²) in [4.78, 5) is 26.6. The largest absolute Gasteiger partial charge is 0.497 e. The summed E-state index contributed by atoms with van der Waals surface area (Å²) in [5.41, 5.74) is 8.07. The highest BCUT2D eigenvalue weighted by Gasteiger charge is 2.31. The van der Waals surface area contributed by atoms with Crippen LogP contribution in [0.2, 0.25) is 0 Å². The number of piperidine rings is 1. The normalized spacial score (nSPS) is 16.4.